The van der Waals surface area contributed by atoms with Crippen LogP contribution in [0.15, 0.2) is 11.4 Å². The number of hydrogen-bond donors (Lipinski definition) is 1. The fraction of sp³-hybridized carbons (Fsp3) is 0.727. The highest BCUT2D eigenvalue weighted by atomic mass is 28.3. The number of nitrogens with zero attached hydrogens (tertiary/aromatic N) is 1. The maximum atomic E-state index is 13.3. The number of hydrogen-bond acceptors (Lipinski definition) is 4. The molecular formula is C22H35NO4Si. The normalized spacial score (nSPS) is 23.5. The van der Waals surface area contributed by atoms with Crippen molar-refractivity contribution < 1.29 is 19.4 Å². The smallest absolute Gasteiger partial charge is 0.414 e. The average Bonchev–Trinajstić information content (AvgIpc) is 2.91. The van der Waals surface area contributed by atoms with Gasteiger partial charge >= 0.3 is 6.09 Å². The van der Waals surface area contributed by atoms with E-state index in [1.165, 1.54) is 0 Å². The maximum Gasteiger partial charge on any atom is 0.414 e. The van der Waals surface area contributed by atoms with Gasteiger partial charge in [0.2, 0.25) is 0 Å². The second-order valence-electron chi connectivity index (χ2n) is 8.91. The van der Waals surface area contributed by atoms with Crippen LogP contribution in [0.3, 0.4) is 0 Å². The molecule has 0 spiro atoms. The van der Waals surface area contributed by atoms with Gasteiger partial charge in [-0.3, -0.25) is 9.69 Å². The Morgan fingerprint density at radius 3 is 2.25 bits per heavy atom. The number of amides is 1. The SMILES string of the molecule is CCCC#C[C@H](O)[C@@H]1OC(=O)N2C=C([Si](C(C)C)(C(C)C)C(C)C)C(=O)C[C@H]12. The zero-order valence-electron chi connectivity index (χ0n) is 18.3. The van der Waals surface area contributed by atoms with E-state index in [-0.39, 0.29) is 12.2 Å². The van der Waals surface area contributed by atoms with E-state index >= 15 is 0 Å². The van der Waals surface area contributed by atoms with Gasteiger partial charge in [0.1, 0.15) is 8.07 Å². The molecule has 0 saturated carbocycles. The highest BCUT2D eigenvalue weighted by Crippen LogP contribution is 2.48. The van der Waals surface area contributed by atoms with E-state index in [1.807, 2.05) is 6.92 Å². The molecule has 0 unspecified atom stereocenters. The van der Waals surface area contributed by atoms with Gasteiger partial charge in [0.25, 0.3) is 0 Å². The van der Waals surface area contributed by atoms with Crippen molar-refractivity contribution in [2.75, 3.05) is 0 Å². The number of carbonyl (C=O) groups excluding carboxylic acids is 2. The van der Waals surface area contributed by atoms with Gasteiger partial charge in [-0.2, -0.15) is 0 Å². The van der Waals surface area contributed by atoms with Crippen LogP contribution in [0.25, 0.3) is 0 Å². The first-order chi connectivity index (χ1) is 13.1. The van der Waals surface area contributed by atoms with Crippen LogP contribution in [-0.2, 0) is 9.53 Å². The zero-order valence-corrected chi connectivity index (χ0v) is 19.3. The van der Waals surface area contributed by atoms with Gasteiger partial charge in [0, 0.05) is 19.0 Å². The van der Waals surface area contributed by atoms with Crippen molar-refractivity contribution in [3.8, 4) is 11.8 Å². The molecule has 3 atom stereocenters. The van der Waals surface area contributed by atoms with Gasteiger partial charge in [-0.25, -0.2) is 4.79 Å². The summed E-state index contributed by atoms with van der Waals surface area (Å²) in [4.78, 5) is 27.4. The second kappa shape index (κ2) is 8.83. The first-order valence-electron chi connectivity index (χ1n) is 10.5. The van der Waals surface area contributed by atoms with Crippen LogP contribution in [-0.4, -0.2) is 48.2 Å². The number of fused-ring (bicyclic) bond motifs is 1. The molecule has 0 bridgehead atoms. The Morgan fingerprint density at radius 2 is 1.75 bits per heavy atom. The number of Topliss-reactive ketones (excluding diaryl/α,β-unsaturated/α-hetero) is 1. The fourth-order valence-electron chi connectivity index (χ4n) is 5.37. The van der Waals surface area contributed by atoms with Gasteiger partial charge in [-0.1, -0.05) is 54.4 Å². The van der Waals surface area contributed by atoms with E-state index in [0.29, 0.717) is 23.0 Å². The Morgan fingerprint density at radius 1 is 1.18 bits per heavy atom. The molecule has 5 nitrogen and oxygen atoms in total. The third kappa shape index (κ3) is 3.79. The number of ketones is 1. The van der Waals surface area contributed by atoms with Gasteiger partial charge < -0.3 is 9.84 Å². The lowest BCUT2D eigenvalue weighted by molar-refractivity contribution is -0.117. The molecule has 0 aliphatic carbocycles. The molecule has 1 amide bonds. The van der Waals surface area contributed by atoms with Crippen molar-refractivity contribution in [1.82, 2.24) is 4.90 Å². The van der Waals surface area contributed by atoms with Crippen LogP contribution in [0.4, 0.5) is 4.79 Å². The predicted molar refractivity (Wildman–Crippen MR) is 113 cm³/mol. The molecule has 2 aliphatic rings. The van der Waals surface area contributed by atoms with E-state index < -0.39 is 32.4 Å². The van der Waals surface area contributed by atoms with Crippen molar-refractivity contribution in [2.24, 2.45) is 0 Å². The molecule has 2 rings (SSSR count). The minimum absolute atomic E-state index is 0.0982. The summed E-state index contributed by atoms with van der Waals surface area (Å²) in [6.07, 6.45) is 1.18. The zero-order chi connectivity index (χ0) is 21.2. The quantitative estimate of drug-likeness (QED) is 0.525. The highest BCUT2D eigenvalue weighted by molar-refractivity contribution is 6.93. The summed E-state index contributed by atoms with van der Waals surface area (Å²) in [5.41, 5.74) is 1.12. The first-order valence-corrected chi connectivity index (χ1v) is 12.7. The molecule has 0 aromatic heterocycles. The van der Waals surface area contributed by atoms with Crippen molar-refractivity contribution in [3.63, 3.8) is 0 Å². The monoisotopic (exact) mass is 405 g/mol. The molecule has 156 valence electrons. The number of rotatable bonds is 6. The largest absolute Gasteiger partial charge is 0.440 e. The first kappa shape index (κ1) is 22.7. The van der Waals surface area contributed by atoms with Crippen LogP contribution in [0, 0.1) is 11.8 Å². The standard InChI is InChI=1S/C22H35NO4Si/c1-8-9-10-11-18(24)21-17-12-19(25)20(13-23(17)22(26)27-21)28(14(2)3,15(4)5)16(6)7/h13-18,21,24H,8-9,12H2,1-7H3/t17-,18+,21-/m1/s1. The van der Waals surface area contributed by atoms with Crippen molar-refractivity contribution in [3.05, 3.63) is 11.4 Å². The third-order valence-corrected chi connectivity index (χ3v) is 13.5. The Hall–Kier alpha value is -1.58. The number of carbonyl (C=O) groups is 2. The molecule has 2 heterocycles. The van der Waals surface area contributed by atoms with Crippen molar-refractivity contribution in [2.45, 2.75) is 103 Å². The average molecular weight is 406 g/mol. The van der Waals surface area contributed by atoms with Gasteiger partial charge in [-0.05, 0) is 28.2 Å². The number of ether oxygens (including phenoxy) is 1. The van der Waals surface area contributed by atoms with E-state index in [1.54, 1.807) is 11.1 Å². The summed E-state index contributed by atoms with van der Waals surface area (Å²) in [5, 5.41) is 11.2. The summed E-state index contributed by atoms with van der Waals surface area (Å²) in [6, 6.07) is -0.479. The number of aliphatic hydroxyl groups is 1. The van der Waals surface area contributed by atoms with E-state index in [2.05, 4.69) is 53.4 Å². The fourth-order valence-corrected chi connectivity index (χ4v) is 12.2. The van der Waals surface area contributed by atoms with Crippen molar-refractivity contribution in [1.29, 1.82) is 0 Å². The molecule has 0 aromatic rings. The predicted octanol–water partition coefficient (Wildman–Crippen LogP) is 4.41. The second-order valence-corrected chi connectivity index (χ2v) is 14.8. The maximum absolute atomic E-state index is 13.3. The minimum atomic E-state index is -2.18. The van der Waals surface area contributed by atoms with Crippen LogP contribution in [0.1, 0.15) is 67.7 Å². The van der Waals surface area contributed by atoms with Crippen LogP contribution in [0.5, 0.6) is 0 Å². The topological polar surface area (TPSA) is 66.8 Å². The van der Waals surface area contributed by atoms with Crippen LogP contribution in [0.2, 0.25) is 16.6 Å². The Balaban J connectivity index is 2.43. The van der Waals surface area contributed by atoms with Crippen LogP contribution >= 0.6 is 0 Å². The number of allylic oxidation sites excluding steroid dienone is 1. The molecule has 1 fully saturated rings. The number of cyclic esters (lactones) is 1. The van der Waals surface area contributed by atoms with Gasteiger partial charge in [0.05, 0.1) is 6.04 Å². The summed E-state index contributed by atoms with van der Waals surface area (Å²) in [6.45, 7) is 15.2. The van der Waals surface area contributed by atoms with Gasteiger partial charge in [0.15, 0.2) is 18.0 Å². The molecule has 0 aromatic carbocycles. The Bertz CT molecular complexity index is 679. The lowest BCUT2D eigenvalue weighted by Crippen LogP contribution is -2.53. The lowest BCUT2D eigenvalue weighted by atomic mass is 9.97. The van der Waals surface area contributed by atoms with Gasteiger partial charge in [-0.15, -0.1) is 5.92 Å². The lowest BCUT2D eigenvalue weighted by Gasteiger charge is -2.46. The van der Waals surface area contributed by atoms with Crippen LogP contribution < -0.4 is 0 Å². The molecule has 6 heteroatoms. The highest BCUT2D eigenvalue weighted by Gasteiger charge is 2.54. The summed E-state index contributed by atoms with van der Waals surface area (Å²) >= 11 is 0. The molecule has 28 heavy (non-hydrogen) atoms. The van der Waals surface area contributed by atoms with Crippen molar-refractivity contribution >= 4 is 20.0 Å². The third-order valence-electron chi connectivity index (χ3n) is 6.42. The number of aliphatic hydroxyl groups excluding tert-OH is 1. The molecule has 2 aliphatic heterocycles. The Kier molecular flexibility index (Phi) is 7.16. The molecule has 0 radical (unpaired) electrons. The number of unbranched alkanes of at least 4 members (excludes halogenated alkanes) is 1. The Labute approximate surface area is 170 Å². The summed E-state index contributed by atoms with van der Waals surface area (Å²) in [5.74, 6) is 5.77. The molecule has 1 saturated heterocycles. The molecule has 1 N–H and O–H groups in total. The minimum Gasteiger partial charge on any atom is -0.440 e. The summed E-state index contributed by atoms with van der Waals surface area (Å²) in [7, 11) is -2.18. The van der Waals surface area contributed by atoms with E-state index in [4.69, 9.17) is 4.74 Å². The summed E-state index contributed by atoms with van der Waals surface area (Å²) < 4.78 is 5.44. The van der Waals surface area contributed by atoms with E-state index in [0.717, 1.165) is 11.6 Å². The van der Waals surface area contributed by atoms with E-state index in [9.17, 15) is 14.7 Å². The molecular weight excluding hydrogens is 370 g/mol.